The number of ether oxygens (including phenoxy) is 1. The Kier molecular flexibility index (Phi) is 10.3. The molecule has 3 amide bonds. The Morgan fingerprint density at radius 1 is 1.09 bits per heavy atom. The molecule has 0 heterocycles. The molecular formula is C23H36N4O6. The van der Waals surface area contributed by atoms with Crippen LogP contribution in [0.15, 0.2) is 24.3 Å². The first-order valence-electron chi connectivity index (χ1n) is 10.9. The van der Waals surface area contributed by atoms with Crippen LogP contribution in [0.25, 0.3) is 0 Å². The zero-order valence-electron chi connectivity index (χ0n) is 20.2. The quantitative estimate of drug-likeness (QED) is 0.316. The van der Waals surface area contributed by atoms with Crippen molar-refractivity contribution >= 4 is 17.7 Å². The molecule has 0 radical (unpaired) electrons. The Bertz CT molecular complexity index is 832. The highest BCUT2D eigenvalue weighted by Crippen LogP contribution is 2.22. The van der Waals surface area contributed by atoms with Crippen LogP contribution in [0, 0.1) is 27.4 Å². The summed E-state index contributed by atoms with van der Waals surface area (Å²) in [5.74, 6) is -2.03. The molecule has 1 rings (SSSR count). The molecule has 0 aliphatic heterocycles. The average molecular weight is 465 g/mol. The minimum Gasteiger partial charge on any atom is -0.497 e. The van der Waals surface area contributed by atoms with Crippen LogP contribution in [-0.2, 0) is 20.8 Å². The molecule has 0 spiro atoms. The molecule has 0 saturated carbocycles. The van der Waals surface area contributed by atoms with Crippen LogP contribution in [0.3, 0.4) is 0 Å². The van der Waals surface area contributed by atoms with Gasteiger partial charge in [-0.25, -0.2) is 0 Å². The van der Waals surface area contributed by atoms with Crippen LogP contribution in [0.1, 0.15) is 46.6 Å². The van der Waals surface area contributed by atoms with Crippen LogP contribution < -0.4 is 21.1 Å². The Hall–Kier alpha value is -3.17. The molecule has 10 nitrogen and oxygen atoms in total. The smallest absolute Gasteiger partial charge is 0.243 e. The second-order valence-corrected chi connectivity index (χ2v) is 9.67. The van der Waals surface area contributed by atoms with E-state index in [2.05, 4.69) is 10.6 Å². The largest absolute Gasteiger partial charge is 0.497 e. The van der Waals surface area contributed by atoms with E-state index in [-0.39, 0.29) is 12.3 Å². The predicted molar refractivity (Wildman–Crippen MR) is 124 cm³/mol. The van der Waals surface area contributed by atoms with E-state index in [1.165, 1.54) is 0 Å². The minimum absolute atomic E-state index is 0.0614. The number of rotatable bonds is 12. The van der Waals surface area contributed by atoms with E-state index < -0.39 is 52.6 Å². The van der Waals surface area contributed by atoms with Gasteiger partial charge < -0.3 is 21.1 Å². The molecule has 1 aromatic rings. The first-order chi connectivity index (χ1) is 15.2. The van der Waals surface area contributed by atoms with Gasteiger partial charge in [0.1, 0.15) is 23.8 Å². The van der Waals surface area contributed by atoms with Crippen molar-refractivity contribution in [3.8, 4) is 5.75 Å². The van der Waals surface area contributed by atoms with Gasteiger partial charge in [0.25, 0.3) is 0 Å². The summed E-state index contributed by atoms with van der Waals surface area (Å²) >= 11 is 0. The fourth-order valence-electron chi connectivity index (χ4n) is 3.42. The third kappa shape index (κ3) is 9.46. The zero-order chi connectivity index (χ0) is 25.3. The van der Waals surface area contributed by atoms with E-state index >= 15 is 0 Å². The fraction of sp³-hybridized carbons (Fsp3) is 0.609. The molecule has 0 aliphatic carbocycles. The van der Waals surface area contributed by atoms with E-state index in [0.717, 1.165) is 5.56 Å². The van der Waals surface area contributed by atoms with Gasteiger partial charge in [0.05, 0.1) is 7.11 Å². The average Bonchev–Trinajstić information content (AvgIpc) is 2.69. The van der Waals surface area contributed by atoms with Crippen LogP contribution in [0.2, 0.25) is 0 Å². The predicted octanol–water partition coefficient (Wildman–Crippen LogP) is 1.68. The van der Waals surface area contributed by atoms with E-state index in [1.54, 1.807) is 52.1 Å². The lowest BCUT2D eigenvalue weighted by Gasteiger charge is -2.32. The first-order valence-corrected chi connectivity index (χ1v) is 10.9. The van der Waals surface area contributed by atoms with Crippen molar-refractivity contribution in [2.75, 3.05) is 13.7 Å². The maximum atomic E-state index is 13.1. The van der Waals surface area contributed by atoms with E-state index in [9.17, 15) is 24.5 Å². The second kappa shape index (κ2) is 12.2. The number of amides is 3. The highest BCUT2D eigenvalue weighted by Gasteiger charge is 2.37. The monoisotopic (exact) mass is 464 g/mol. The fourth-order valence-corrected chi connectivity index (χ4v) is 3.42. The molecule has 10 heteroatoms. The summed E-state index contributed by atoms with van der Waals surface area (Å²) < 4.78 is 5.12. The molecule has 0 aromatic heterocycles. The van der Waals surface area contributed by atoms with Gasteiger partial charge in [0.2, 0.25) is 24.3 Å². The maximum absolute atomic E-state index is 13.1. The lowest BCUT2D eigenvalue weighted by atomic mass is 9.85. The normalized spacial score (nSPS) is 14.2. The number of primary amides is 1. The van der Waals surface area contributed by atoms with Crippen molar-refractivity contribution in [1.29, 1.82) is 0 Å². The van der Waals surface area contributed by atoms with Gasteiger partial charge in [-0.15, -0.1) is 0 Å². The van der Waals surface area contributed by atoms with Crippen molar-refractivity contribution in [3.05, 3.63) is 39.9 Å². The highest BCUT2D eigenvalue weighted by atomic mass is 16.6. The standard InChI is InChI=1S/C23H36N4O6/c1-14(2)11-16(13-27(31)32)21(29)26-19(23(3,4)5)22(30)25-18(20(24)28)12-15-7-9-17(33-6)10-8-15/h7-10,14,16,18-19H,11-13H2,1-6H3,(H2,24,28)(H,25,30)(H,26,29)/t16-,18+,19-/m1/s1. The van der Waals surface area contributed by atoms with Gasteiger partial charge in [-0.3, -0.25) is 24.5 Å². The zero-order valence-corrected chi connectivity index (χ0v) is 20.2. The molecule has 3 atom stereocenters. The Morgan fingerprint density at radius 2 is 1.67 bits per heavy atom. The van der Waals surface area contributed by atoms with Crippen LogP contribution in [0.4, 0.5) is 0 Å². The molecular weight excluding hydrogens is 428 g/mol. The van der Waals surface area contributed by atoms with Crippen molar-refractivity contribution in [3.63, 3.8) is 0 Å². The number of nitrogens with zero attached hydrogens (tertiary/aromatic N) is 1. The number of hydrogen-bond donors (Lipinski definition) is 3. The summed E-state index contributed by atoms with van der Waals surface area (Å²) in [6.07, 6.45) is 0.472. The van der Waals surface area contributed by atoms with Gasteiger partial charge in [0.15, 0.2) is 0 Å². The third-order valence-corrected chi connectivity index (χ3v) is 5.17. The Balaban J connectivity index is 3.02. The molecule has 0 fully saturated rings. The summed E-state index contributed by atoms with van der Waals surface area (Å²) in [4.78, 5) is 48.5. The molecule has 0 saturated heterocycles. The lowest BCUT2D eigenvalue weighted by Crippen LogP contribution is -2.58. The summed E-state index contributed by atoms with van der Waals surface area (Å²) in [5.41, 5.74) is 5.56. The molecule has 4 N–H and O–H groups in total. The first kappa shape index (κ1) is 27.9. The Labute approximate surface area is 194 Å². The molecule has 33 heavy (non-hydrogen) atoms. The number of nitro groups is 1. The summed E-state index contributed by atoms with van der Waals surface area (Å²) in [6.45, 7) is 8.47. The van der Waals surface area contributed by atoms with Gasteiger partial charge in [-0.05, 0) is 35.4 Å². The molecule has 1 aromatic carbocycles. The maximum Gasteiger partial charge on any atom is 0.243 e. The Morgan fingerprint density at radius 3 is 2.09 bits per heavy atom. The number of methoxy groups -OCH3 is 1. The van der Waals surface area contributed by atoms with Crippen LogP contribution in [-0.4, -0.2) is 48.4 Å². The molecule has 0 aliphatic rings. The summed E-state index contributed by atoms with van der Waals surface area (Å²) in [6, 6.07) is 4.97. The highest BCUT2D eigenvalue weighted by molar-refractivity contribution is 5.92. The topological polar surface area (TPSA) is 154 Å². The van der Waals surface area contributed by atoms with Gasteiger partial charge in [0, 0.05) is 11.3 Å². The van der Waals surface area contributed by atoms with E-state index in [4.69, 9.17) is 10.5 Å². The minimum atomic E-state index is -1.02. The van der Waals surface area contributed by atoms with E-state index in [0.29, 0.717) is 12.2 Å². The number of carbonyl (C=O) groups excluding carboxylic acids is 3. The van der Waals surface area contributed by atoms with Crippen LogP contribution >= 0.6 is 0 Å². The number of nitrogens with two attached hydrogens (primary N) is 1. The van der Waals surface area contributed by atoms with Crippen molar-refractivity contribution in [2.45, 2.75) is 59.5 Å². The molecule has 0 unspecified atom stereocenters. The number of carbonyl (C=O) groups is 3. The number of benzene rings is 1. The SMILES string of the molecule is COc1ccc(C[C@H](NC(=O)[C@@H](NC(=O)[C@H](CC(C)C)C[N+](=O)[O-])C(C)(C)C)C(N)=O)cc1. The van der Waals surface area contributed by atoms with Crippen LogP contribution in [0.5, 0.6) is 5.75 Å². The summed E-state index contributed by atoms with van der Waals surface area (Å²) in [7, 11) is 1.54. The molecule has 0 bridgehead atoms. The number of hydrogen-bond acceptors (Lipinski definition) is 6. The van der Waals surface area contributed by atoms with Gasteiger partial charge in [-0.2, -0.15) is 0 Å². The van der Waals surface area contributed by atoms with Crippen molar-refractivity contribution < 1.29 is 24.0 Å². The van der Waals surface area contributed by atoms with Gasteiger partial charge in [-0.1, -0.05) is 46.8 Å². The lowest BCUT2D eigenvalue weighted by molar-refractivity contribution is -0.486. The second-order valence-electron chi connectivity index (χ2n) is 9.67. The van der Waals surface area contributed by atoms with Crippen molar-refractivity contribution in [1.82, 2.24) is 10.6 Å². The third-order valence-electron chi connectivity index (χ3n) is 5.17. The number of nitrogens with one attached hydrogen (secondary N) is 2. The van der Waals surface area contributed by atoms with Gasteiger partial charge >= 0.3 is 0 Å². The van der Waals surface area contributed by atoms with Crippen molar-refractivity contribution in [2.24, 2.45) is 23.0 Å². The summed E-state index contributed by atoms with van der Waals surface area (Å²) in [5, 5.41) is 16.3. The molecule has 184 valence electrons. The van der Waals surface area contributed by atoms with E-state index in [1.807, 2.05) is 13.8 Å².